The molecule has 0 amide bonds. The quantitative estimate of drug-likeness (QED) is 0.583. The second-order valence-corrected chi connectivity index (χ2v) is 6.13. The highest BCUT2D eigenvalue weighted by Gasteiger charge is 2.56. The first kappa shape index (κ1) is 15.3. The minimum absolute atomic E-state index is 0.270. The smallest absolute Gasteiger partial charge is 0.345 e. The first-order valence-electron chi connectivity index (χ1n) is 6.51. The Balaban J connectivity index is 1.84. The summed E-state index contributed by atoms with van der Waals surface area (Å²) in [5.41, 5.74) is -0.480. The number of halogens is 2. The maximum atomic E-state index is 11.8. The van der Waals surface area contributed by atoms with Gasteiger partial charge in [-0.3, -0.25) is 0 Å². The number of carbonyl (C=O) groups is 1. The average molecular weight is 384 g/mol. The number of hydrogen-bond donors (Lipinski definition) is 0. The molecule has 1 heterocycles. The van der Waals surface area contributed by atoms with Crippen molar-refractivity contribution in [3.63, 3.8) is 0 Å². The maximum Gasteiger partial charge on any atom is 0.345 e. The van der Waals surface area contributed by atoms with Gasteiger partial charge in [0.2, 0.25) is 5.60 Å². The minimum atomic E-state index is -1.07. The number of carbonyl (C=O) groups excluding carboxylic acids is 1. The largest absolute Gasteiger partial charge is 0.467 e. The standard InChI is InChI=1S/C16H12BrClO4/c1-20-15(19)16(9-21-16)13-7-6-12(8-14(13)18)22-11-4-2-10(17)3-5-11/h2-8H,9H2,1H3. The van der Waals surface area contributed by atoms with Gasteiger partial charge in [-0.25, -0.2) is 4.79 Å². The molecule has 2 aromatic rings. The van der Waals surface area contributed by atoms with E-state index in [2.05, 4.69) is 15.9 Å². The van der Waals surface area contributed by atoms with Gasteiger partial charge in [-0.15, -0.1) is 0 Å². The summed E-state index contributed by atoms with van der Waals surface area (Å²) in [4.78, 5) is 11.8. The minimum Gasteiger partial charge on any atom is -0.467 e. The van der Waals surface area contributed by atoms with E-state index in [1.807, 2.05) is 24.3 Å². The third kappa shape index (κ3) is 2.84. The molecule has 1 saturated heterocycles. The molecule has 0 spiro atoms. The molecule has 0 saturated carbocycles. The molecule has 114 valence electrons. The lowest BCUT2D eigenvalue weighted by molar-refractivity contribution is -0.147. The van der Waals surface area contributed by atoms with Crippen molar-refractivity contribution in [1.29, 1.82) is 0 Å². The van der Waals surface area contributed by atoms with Crippen molar-refractivity contribution in [3.05, 3.63) is 57.5 Å². The van der Waals surface area contributed by atoms with Gasteiger partial charge >= 0.3 is 5.97 Å². The van der Waals surface area contributed by atoms with Crippen LogP contribution in [-0.2, 0) is 19.9 Å². The fourth-order valence-corrected chi connectivity index (χ4v) is 2.73. The summed E-state index contributed by atoms with van der Waals surface area (Å²) in [5, 5.41) is 0.400. The lowest BCUT2D eigenvalue weighted by atomic mass is 10.00. The van der Waals surface area contributed by atoms with Crippen LogP contribution < -0.4 is 4.74 Å². The van der Waals surface area contributed by atoms with Crippen molar-refractivity contribution in [1.82, 2.24) is 0 Å². The van der Waals surface area contributed by atoms with Crippen molar-refractivity contribution in [2.75, 3.05) is 13.7 Å². The summed E-state index contributed by atoms with van der Waals surface area (Å²) in [5.74, 6) is 0.824. The molecule has 0 bridgehead atoms. The number of benzene rings is 2. The number of esters is 1. The second-order valence-electron chi connectivity index (χ2n) is 4.80. The summed E-state index contributed by atoms with van der Waals surface area (Å²) in [6.07, 6.45) is 0. The molecule has 0 N–H and O–H groups in total. The maximum absolute atomic E-state index is 11.8. The molecule has 0 radical (unpaired) electrons. The van der Waals surface area contributed by atoms with Crippen molar-refractivity contribution in [2.24, 2.45) is 0 Å². The van der Waals surface area contributed by atoms with Gasteiger partial charge in [-0.1, -0.05) is 33.6 Å². The third-order valence-electron chi connectivity index (χ3n) is 3.37. The van der Waals surface area contributed by atoms with Gasteiger partial charge in [-0.2, -0.15) is 0 Å². The van der Waals surface area contributed by atoms with Crippen LogP contribution in [0.5, 0.6) is 11.5 Å². The molecular formula is C16H12BrClO4. The highest BCUT2D eigenvalue weighted by atomic mass is 79.9. The lowest BCUT2D eigenvalue weighted by Crippen LogP contribution is -2.24. The molecule has 2 aromatic carbocycles. The molecule has 6 heteroatoms. The SMILES string of the molecule is COC(=O)C1(c2ccc(Oc3ccc(Br)cc3)cc2Cl)CO1. The van der Waals surface area contributed by atoms with Gasteiger partial charge in [0.05, 0.1) is 18.7 Å². The summed E-state index contributed by atoms with van der Waals surface area (Å²) >= 11 is 9.64. The second kappa shape index (κ2) is 5.91. The van der Waals surface area contributed by atoms with Crippen LogP contribution >= 0.6 is 27.5 Å². The molecule has 4 nitrogen and oxygen atoms in total. The van der Waals surface area contributed by atoms with Crippen molar-refractivity contribution in [3.8, 4) is 11.5 Å². The van der Waals surface area contributed by atoms with E-state index in [4.69, 9.17) is 25.8 Å². The van der Waals surface area contributed by atoms with E-state index in [0.29, 0.717) is 22.1 Å². The number of ether oxygens (including phenoxy) is 3. The summed E-state index contributed by atoms with van der Waals surface area (Å²) in [6.45, 7) is 0.270. The zero-order chi connectivity index (χ0) is 15.7. The Labute approximate surface area is 141 Å². The van der Waals surface area contributed by atoms with E-state index < -0.39 is 11.6 Å². The van der Waals surface area contributed by atoms with Gasteiger partial charge < -0.3 is 14.2 Å². The van der Waals surface area contributed by atoms with Crippen LogP contribution in [0.15, 0.2) is 46.9 Å². The van der Waals surface area contributed by atoms with Crippen LogP contribution in [0.1, 0.15) is 5.56 Å². The van der Waals surface area contributed by atoms with Crippen LogP contribution in [0.25, 0.3) is 0 Å². The molecule has 1 aliphatic rings. The molecule has 1 atom stereocenters. The van der Waals surface area contributed by atoms with Gasteiger partial charge in [-0.05, 0) is 36.4 Å². The molecule has 0 aromatic heterocycles. The van der Waals surface area contributed by atoms with Crippen molar-refractivity contribution < 1.29 is 19.0 Å². The van der Waals surface area contributed by atoms with E-state index >= 15 is 0 Å². The summed E-state index contributed by atoms with van der Waals surface area (Å²) < 4.78 is 16.7. The van der Waals surface area contributed by atoms with Crippen LogP contribution in [0.3, 0.4) is 0 Å². The first-order valence-corrected chi connectivity index (χ1v) is 7.68. The van der Waals surface area contributed by atoms with E-state index in [1.165, 1.54) is 7.11 Å². The van der Waals surface area contributed by atoms with E-state index in [1.54, 1.807) is 18.2 Å². The van der Waals surface area contributed by atoms with Crippen LogP contribution in [0, 0.1) is 0 Å². The number of epoxide rings is 1. The normalized spacial score (nSPS) is 19.6. The summed E-state index contributed by atoms with van der Waals surface area (Å²) in [6, 6.07) is 12.6. The third-order valence-corrected chi connectivity index (χ3v) is 4.21. The Hall–Kier alpha value is -1.56. The van der Waals surface area contributed by atoms with Crippen LogP contribution in [0.4, 0.5) is 0 Å². The van der Waals surface area contributed by atoms with Crippen LogP contribution in [-0.4, -0.2) is 19.7 Å². The molecular weight excluding hydrogens is 372 g/mol. The first-order chi connectivity index (χ1) is 10.5. The predicted molar refractivity (Wildman–Crippen MR) is 85.3 cm³/mol. The van der Waals surface area contributed by atoms with E-state index in [0.717, 1.165) is 4.47 Å². The number of methoxy groups -OCH3 is 1. The van der Waals surface area contributed by atoms with Crippen molar-refractivity contribution >= 4 is 33.5 Å². The Morgan fingerprint density at radius 1 is 1.23 bits per heavy atom. The molecule has 1 aliphatic heterocycles. The topological polar surface area (TPSA) is 48.1 Å². The molecule has 3 rings (SSSR count). The van der Waals surface area contributed by atoms with Gasteiger partial charge in [0.25, 0.3) is 0 Å². The average Bonchev–Trinajstić information content (AvgIpc) is 3.30. The number of rotatable bonds is 4. The fraction of sp³-hybridized carbons (Fsp3) is 0.188. The van der Waals surface area contributed by atoms with Crippen LogP contribution in [0.2, 0.25) is 5.02 Å². The molecule has 0 aliphatic carbocycles. The Morgan fingerprint density at radius 2 is 1.86 bits per heavy atom. The van der Waals surface area contributed by atoms with Crippen molar-refractivity contribution in [2.45, 2.75) is 5.60 Å². The molecule has 1 fully saturated rings. The van der Waals surface area contributed by atoms with Gasteiger partial charge in [0, 0.05) is 10.0 Å². The lowest BCUT2D eigenvalue weighted by Gasteiger charge is -2.13. The van der Waals surface area contributed by atoms with E-state index in [-0.39, 0.29) is 6.61 Å². The summed E-state index contributed by atoms with van der Waals surface area (Å²) in [7, 11) is 1.32. The highest BCUT2D eigenvalue weighted by molar-refractivity contribution is 9.10. The zero-order valence-corrected chi connectivity index (χ0v) is 14.0. The Morgan fingerprint density at radius 3 is 2.41 bits per heavy atom. The Kier molecular flexibility index (Phi) is 4.12. The molecule has 1 unspecified atom stereocenters. The number of hydrogen-bond acceptors (Lipinski definition) is 4. The monoisotopic (exact) mass is 382 g/mol. The zero-order valence-electron chi connectivity index (χ0n) is 11.6. The van der Waals surface area contributed by atoms with Gasteiger partial charge in [0.15, 0.2) is 0 Å². The Bertz CT molecular complexity index is 711. The van der Waals surface area contributed by atoms with E-state index in [9.17, 15) is 4.79 Å². The molecule has 22 heavy (non-hydrogen) atoms. The fourth-order valence-electron chi connectivity index (χ4n) is 2.15. The predicted octanol–water partition coefficient (Wildman–Crippen LogP) is 4.29. The highest BCUT2D eigenvalue weighted by Crippen LogP contribution is 2.44. The van der Waals surface area contributed by atoms with Gasteiger partial charge in [0.1, 0.15) is 11.5 Å².